The van der Waals surface area contributed by atoms with Crippen molar-refractivity contribution in [2.75, 3.05) is 18.0 Å². The third kappa shape index (κ3) is 6.13. The molecule has 204 valence electrons. The smallest absolute Gasteiger partial charge is 0.327 e. The number of aromatic nitrogens is 2. The van der Waals surface area contributed by atoms with E-state index in [9.17, 15) is 19.1 Å². The van der Waals surface area contributed by atoms with Gasteiger partial charge in [-0.05, 0) is 62.5 Å². The van der Waals surface area contributed by atoms with E-state index < -0.39 is 7.60 Å². The molecule has 0 amide bonds. The van der Waals surface area contributed by atoms with Gasteiger partial charge in [-0.25, -0.2) is 4.98 Å². The Morgan fingerprint density at radius 1 is 0.919 bits per heavy atom. The number of benzene rings is 1. The molecule has 37 heavy (non-hydrogen) atoms. The predicted molar refractivity (Wildman–Crippen MR) is 148 cm³/mol. The average Bonchev–Trinajstić information content (AvgIpc) is 2.81. The molecular formula is C28H43N4O4P. The minimum absolute atomic E-state index is 0.00655. The molecule has 8 nitrogen and oxygen atoms in total. The van der Waals surface area contributed by atoms with Gasteiger partial charge in [-0.2, -0.15) is 0 Å². The Hall–Kier alpha value is -1.73. The quantitative estimate of drug-likeness (QED) is 0.444. The molecule has 0 radical (unpaired) electrons. The van der Waals surface area contributed by atoms with Crippen LogP contribution in [0, 0.1) is 11.8 Å². The second-order valence-electron chi connectivity index (χ2n) is 12.0. The van der Waals surface area contributed by atoms with Gasteiger partial charge >= 0.3 is 7.60 Å². The van der Waals surface area contributed by atoms with E-state index in [2.05, 4.69) is 29.0 Å². The highest BCUT2D eigenvalue weighted by Crippen LogP contribution is 2.43. The highest BCUT2D eigenvalue weighted by molar-refractivity contribution is 7.51. The molecule has 1 aromatic heterocycles. The molecular weight excluding hydrogens is 487 g/mol. The fourth-order valence-electron chi connectivity index (χ4n) is 7.47. The van der Waals surface area contributed by atoms with Crippen LogP contribution in [0.5, 0.6) is 0 Å². The molecule has 1 saturated carbocycles. The van der Waals surface area contributed by atoms with Gasteiger partial charge in [-0.15, -0.1) is 0 Å². The summed E-state index contributed by atoms with van der Waals surface area (Å²) >= 11 is 0. The maximum absolute atomic E-state index is 13.7. The van der Waals surface area contributed by atoms with Gasteiger partial charge in [0.25, 0.3) is 5.56 Å². The average molecular weight is 531 g/mol. The van der Waals surface area contributed by atoms with E-state index in [0.717, 1.165) is 35.7 Å². The van der Waals surface area contributed by atoms with Crippen LogP contribution in [-0.2, 0) is 4.57 Å². The summed E-state index contributed by atoms with van der Waals surface area (Å²) in [7, 11) is -4.16. The van der Waals surface area contributed by atoms with E-state index in [4.69, 9.17) is 0 Å². The second-order valence-corrected chi connectivity index (χ2v) is 13.8. The SMILES string of the molecule is C[C@@H]1CCC[C@H](C)C[C@H](N2[C@@H]3CCC[C@H]2C[C@@H](n2c(=O)c(NCCP(=O)(O)O)nc4ccccc42)C3)C1. The lowest BCUT2D eigenvalue weighted by Gasteiger charge is -2.53. The van der Waals surface area contributed by atoms with Gasteiger partial charge in [0.1, 0.15) is 0 Å². The number of hydrogen-bond donors (Lipinski definition) is 3. The Morgan fingerprint density at radius 2 is 1.54 bits per heavy atom. The zero-order valence-electron chi connectivity index (χ0n) is 22.3. The summed E-state index contributed by atoms with van der Waals surface area (Å²) in [6, 6.07) is 9.47. The Bertz CT molecular complexity index is 1170. The second kappa shape index (κ2) is 11.2. The van der Waals surface area contributed by atoms with Crippen LogP contribution >= 0.6 is 7.60 Å². The summed E-state index contributed by atoms with van der Waals surface area (Å²) in [5.74, 6) is 1.72. The molecule has 3 fully saturated rings. The monoisotopic (exact) mass is 530 g/mol. The number of nitrogens with one attached hydrogen (secondary N) is 1. The van der Waals surface area contributed by atoms with Crippen molar-refractivity contribution < 1.29 is 14.4 Å². The Balaban J connectivity index is 1.44. The van der Waals surface area contributed by atoms with Crippen molar-refractivity contribution in [2.24, 2.45) is 11.8 Å². The van der Waals surface area contributed by atoms with E-state index in [1.54, 1.807) is 0 Å². The number of anilines is 1. The molecule has 3 N–H and O–H groups in total. The summed E-state index contributed by atoms with van der Waals surface area (Å²) in [5.41, 5.74) is 1.39. The molecule has 6 atom stereocenters. The molecule has 1 aromatic carbocycles. The van der Waals surface area contributed by atoms with E-state index >= 15 is 0 Å². The first-order valence-electron chi connectivity index (χ1n) is 14.3. The van der Waals surface area contributed by atoms with Crippen molar-refractivity contribution in [1.29, 1.82) is 0 Å². The lowest BCUT2D eigenvalue weighted by atomic mass is 9.76. The zero-order chi connectivity index (χ0) is 26.2. The largest absolute Gasteiger partial charge is 0.365 e. The molecule has 0 spiro atoms. The normalized spacial score (nSPS) is 31.6. The van der Waals surface area contributed by atoms with Gasteiger partial charge in [-0.1, -0.05) is 51.7 Å². The predicted octanol–water partition coefficient (Wildman–Crippen LogP) is 5.15. The number of piperidine rings is 2. The Morgan fingerprint density at radius 3 is 2.19 bits per heavy atom. The fourth-order valence-corrected chi connectivity index (χ4v) is 7.87. The standard InChI is InChI=1S/C28H43N4O4P/c1-19-7-5-8-20(2)16-23(15-19)31-21-9-6-10-22(31)18-24(17-21)32-26-12-4-3-11-25(26)30-27(28(32)33)29-13-14-37(34,35)36/h3-4,11-12,19-24H,5-10,13-18H2,1-2H3,(H,29,30)(H2,34,35,36)/t19-,20+,21-,22+,23-,24+. The van der Waals surface area contributed by atoms with Crippen molar-refractivity contribution in [3.8, 4) is 0 Å². The van der Waals surface area contributed by atoms with Crippen LogP contribution in [-0.4, -0.2) is 55.1 Å². The lowest BCUT2D eigenvalue weighted by molar-refractivity contribution is -0.0329. The number of rotatable bonds is 6. The third-order valence-corrected chi connectivity index (χ3v) is 9.83. The maximum atomic E-state index is 13.7. The minimum Gasteiger partial charge on any atom is -0.365 e. The number of fused-ring (bicyclic) bond motifs is 3. The van der Waals surface area contributed by atoms with Crippen LogP contribution in [0.3, 0.4) is 0 Å². The molecule has 9 heteroatoms. The summed E-state index contributed by atoms with van der Waals surface area (Å²) < 4.78 is 13.3. The van der Waals surface area contributed by atoms with Crippen molar-refractivity contribution in [3.63, 3.8) is 0 Å². The van der Waals surface area contributed by atoms with E-state index in [-0.39, 0.29) is 30.1 Å². The molecule has 2 aromatic rings. The van der Waals surface area contributed by atoms with Gasteiger partial charge in [0.05, 0.1) is 17.2 Å². The van der Waals surface area contributed by atoms with Crippen LogP contribution in [0.1, 0.15) is 84.1 Å². The number of para-hydroxylation sites is 2. The summed E-state index contributed by atoms with van der Waals surface area (Å²) in [5, 5.41) is 2.93. The van der Waals surface area contributed by atoms with Gasteiger partial charge in [0.15, 0.2) is 5.82 Å². The summed E-state index contributed by atoms with van der Waals surface area (Å²) in [4.78, 5) is 39.7. The van der Waals surface area contributed by atoms with Crippen LogP contribution in [0.25, 0.3) is 11.0 Å². The fraction of sp³-hybridized carbons (Fsp3) is 0.714. The first-order chi connectivity index (χ1) is 17.7. The van der Waals surface area contributed by atoms with Crippen molar-refractivity contribution in [3.05, 3.63) is 34.6 Å². The van der Waals surface area contributed by atoms with Crippen molar-refractivity contribution in [1.82, 2.24) is 14.5 Å². The van der Waals surface area contributed by atoms with Crippen LogP contribution in [0.15, 0.2) is 29.1 Å². The highest BCUT2D eigenvalue weighted by Gasteiger charge is 2.43. The van der Waals surface area contributed by atoms with E-state index in [1.807, 2.05) is 28.8 Å². The Kier molecular flexibility index (Phi) is 8.11. The molecule has 3 aliphatic rings. The molecule has 2 aliphatic heterocycles. The third-order valence-electron chi connectivity index (χ3n) is 9.03. The van der Waals surface area contributed by atoms with Gasteiger partial charge < -0.3 is 19.7 Å². The molecule has 2 bridgehead atoms. The van der Waals surface area contributed by atoms with Crippen LogP contribution in [0.4, 0.5) is 5.82 Å². The Labute approximate surface area is 220 Å². The van der Waals surface area contributed by atoms with Gasteiger partial charge in [0.2, 0.25) is 0 Å². The molecule has 3 heterocycles. The van der Waals surface area contributed by atoms with Crippen molar-refractivity contribution in [2.45, 2.75) is 102 Å². The number of hydrogen-bond acceptors (Lipinski definition) is 5. The van der Waals surface area contributed by atoms with Crippen molar-refractivity contribution >= 4 is 24.4 Å². The van der Waals surface area contributed by atoms with Crippen LogP contribution < -0.4 is 10.9 Å². The number of nitrogens with zero attached hydrogens (tertiary/aromatic N) is 3. The molecule has 5 rings (SSSR count). The molecule has 2 saturated heterocycles. The maximum Gasteiger partial charge on any atom is 0.327 e. The first kappa shape index (κ1) is 26.9. The molecule has 0 unspecified atom stereocenters. The van der Waals surface area contributed by atoms with E-state index in [1.165, 1.54) is 51.4 Å². The van der Waals surface area contributed by atoms with E-state index in [0.29, 0.717) is 18.1 Å². The van der Waals surface area contributed by atoms with Crippen LogP contribution in [0.2, 0.25) is 0 Å². The summed E-state index contributed by atoms with van der Waals surface area (Å²) in [6.07, 6.45) is 11.8. The highest BCUT2D eigenvalue weighted by atomic mass is 31.2. The van der Waals surface area contributed by atoms with Gasteiger partial charge in [0, 0.05) is 30.7 Å². The minimum atomic E-state index is -4.16. The van der Waals surface area contributed by atoms with Gasteiger partial charge in [-0.3, -0.25) is 14.3 Å². The first-order valence-corrected chi connectivity index (χ1v) is 16.1. The zero-order valence-corrected chi connectivity index (χ0v) is 23.2. The topological polar surface area (TPSA) is 108 Å². The summed E-state index contributed by atoms with van der Waals surface area (Å²) in [6.45, 7) is 4.86. The lowest BCUT2D eigenvalue weighted by Crippen LogP contribution is -2.57. The molecule has 1 aliphatic carbocycles.